The molecule has 8 aromatic rings. The number of nitrogens with zero attached hydrogens (tertiary/aromatic N) is 2. The van der Waals surface area contributed by atoms with Crippen LogP contribution in [-0.2, 0) is 40.0 Å². The zero-order valence-corrected chi connectivity index (χ0v) is 35.3. The van der Waals surface area contributed by atoms with E-state index in [-0.39, 0.29) is 17.1 Å². The molecule has 0 amide bonds. The van der Waals surface area contributed by atoms with Crippen LogP contribution in [0.1, 0.15) is 67.9 Å². The summed E-state index contributed by atoms with van der Waals surface area (Å²) >= 11 is 12.0. The average Bonchev–Trinajstić information content (AvgIpc) is 3.86. The average molecular weight is 850 g/mol. The maximum Gasteiger partial charge on any atom is 0.338 e. The molecule has 0 saturated heterocycles. The Morgan fingerprint density at radius 2 is 0.984 bits per heavy atom. The Morgan fingerprint density at radius 1 is 0.541 bits per heavy atom. The third-order valence-electron chi connectivity index (χ3n) is 10.5. The number of carboxylic acids is 1. The van der Waals surface area contributed by atoms with Gasteiger partial charge in [-0.25, -0.2) is 9.59 Å². The summed E-state index contributed by atoms with van der Waals surface area (Å²) in [5.41, 5.74) is 10.4. The summed E-state index contributed by atoms with van der Waals surface area (Å²) in [6.45, 7) is 3.20. The molecule has 10 heteroatoms. The minimum atomic E-state index is -0.984. The Morgan fingerprint density at radius 3 is 1.43 bits per heavy atom. The number of benzene rings is 6. The molecule has 0 spiro atoms. The van der Waals surface area contributed by atoms with Crippen molar-refractivity contribution in [2.75, 3.05) is 7.11 Å². The highest BCUT2D eigenvalue weighted by Gasteiger charge is 2.16. The molecular weight excluding hydrogens is 807 g/mol. The van der Waals surface area contributed by atoms with Crippen molar-refractivity contribution in [3.8, 4) is 11.4 Å². The van der Waals surface area contributed by atoms with Crippen LogP contribution in [0.5, 0.6) is 0 Å². The van der Waals surface area contributed by atoms with Gasteiger partial charge in [-0.3, -0.25) is 9.59 Å². The number of aromatic nitrogens is 2. The van der Waals surface area contributed by atoms with Crippen LogP contribution < -0.4 is 0 Å². The van der Waals surface area contributed by atoms with Crippen LogP contribution in [0.3, 0.4) is 0 Å². The first kappa shape index (κ1) is 42.4. The van der Waals surface area contributed by atoms with E-state index in [1.54, 1.807) is 38.1 Å². The highest BCUT2D eigenvalue weighted by atomic mass is 35.5. The van der Waals surface area contributed by atoms with Crippen LogP contribution in [0.2, 0.25) is 10.0 Å². The van der Waals surface area contributed by atoms with Crippen LogP contribution in [0.15, 0.2) is 146 Å². The maximum absolute atomic E-state index is 12.1. The Labute approximate surface area is 363 Å². The quantitative estimate of drug-likeness (QED) is 0.123. The number of hydrogen-bond donors (Lipinski definition) is 1. The van der Waals surface area contributed by atoms with Gasteiger partial charge in [-0.2, -0.15) is 0 Å². The van der Waals surface area contributed by atoms with Crippen LogP contribution in [0.4, 0.5) is 0 Å². The van der Waals surface area contributed by atoms with Crippen molar-refractivity contribution in [1.82, 2.24) is 9.13 Å². The summed E-state index contributed by atoms with van der Waals surface area (Å²) in [4.78, 5) is 47.0. The summed E-state index contributed by atoms with van der Waals surface area (Å²) in [5.74, 6) is -1.12. The molecule has 2 heterocycles. The van der Waals surface area contributed by atoms with Gasteiger partial charge in [0.2, 0.25) is 0 Å². The lowest BCUT2D eigenvalue weighted by Gasteiger charge is -2.12. The summed E-state index contributed by atoms with van der Waals surface area (Å²) in [6, 6.07) is 42.6. The predicted octanol–water partition coefficient (Wildman–Crippen LogP) is 11.5. The fraction of sp³-hybridized carbons (Fsp3) is 0.137. The number of esters is 1. The van der Waals surface area contributed by atoms with E-state index in [0.717, 1.165) is 66.6 Å². The van der Waals surface area contributed by atoms with Crippen molar-refractivity contribution in [3.05, 3.63) is 200 Å². The number of carbonyl (C=O) groups is 4. The number of aromatic carboxylic acids is 1. The van der Waals surface area contributed by atoms with Gasteiger partial charge in [0.15, 0.2) is 0 Å². The number of ketones is 2. The second-order valence-corrected chi connectivity index (χ2v) is 15.8. The number of hydrogen-bond acceptors (Lipinski definition) is 5. The molecule has 2 aromatic heterocycles. The van der Waals surface area contributed by atoms with Crippen molar-refractivity contribution in [2.24, 2.45) is 0 Å². The van der Waals surface area contributed by atoms with Gasteiger partial charge < -0.3 is 19.0 Å². The van der Waals surface area contributed by atoms with Gasteiger partial charge in [-0.1, -0.05) is 83.9 Å². The molecule has 8 rings (SSSR count). The Kier molecular flexibility index (Phi) is 13.0. The van der Waals surface area contributed by atoms with Crippen LogP contribution in [0.25, 0.3) is 33.2 Å². The number of ether oxygens (including phenoxy) is 1. The molecule has 0 unspecified atom stereocenters. The maximum atomic E-state index is 12.1. The van der Waals surface area contributed by atoms with Gasteiger partial charge >= 0.3 is 11.9 Å². The second-order valence-electron chi connectivity index (χ2n) is 14.9. The number of Topliss-reactive ketones (excluding diaryl/α,β-unsaturated/α-hetero) is 2. The van der Waals surface area contributed by atoms with Crippen molar-refractivity contribution in [1.29, 1.82) is 0 Å². The van der Waals surface area contributed by atoms with E-state index in [1.807, 2.05) is 85.2 Å². The molecule has 8 nitrogen and oxygen atoms in total. The number of carboxylic acid groups (broad SMARTS) is 1. The Hall–Kier alpha value is -6.74. The van der Waals surface area contributed by atoms with Crippen LogP contribution in [-0.4, -0.2) is 44.9 Å². The molecular formula is C51H42Cl2N2O6. The molecule has 6 aromatic carbocycles. The standard InChI is InChI=1S/C26H22ClNO3.C25H20ClNO3/c1-17(29)13-20-5-3-4-6-24(20)28-12-11-21-15-18(7-10-25(21)28)14-19-8-9-22(27)16-23(19)26(30)31-2;1-16(28)12-19-4-2-3-5-23(19)27-11-10-20-14-17(6-9-24(20)27)13-18-7-8-21(26)15-22(18)25(29)30/h3-12,15-16H,13-14H2,1-2H3;2-11,14-15H,12-13H2,1H3,(H,29,30). The van der Waals surface area contributed by atoms with E-state index >= 15 is 0 Å². The fourth-order valence-electron chi connectivity index (χ4n) is 7.70. The molecule has 0 radical (unpaired) electrons. The summed E-state index contributed by atoms with van der Waals surface area (Å²) < 4.78 is 9.10. The lowest BCUT2D eigenvalue weighted by molar-refractivity contribution is -0.117. The molecule has 0 aliphatic carbocycles. The first-order valence-electron chi connectivity index (χ1n) is 19.6. The van der Waals surface area contributed by atoms with Crippen LogP contribution in [0, 0.1) is 0 Å². The van der Waals surface area contributed by atoms with Crippen molar-refractivity contribution >= 4 is 68.5 Å². The van der Waals surface area contributed by atoms with Gasteiger partial charge in [-0.05, 0) is 133 Å². The Bertz CT molecular complexity index is 2960. The molecule has 61 heavy (non-hydrogen) atoms. The lowest BCUT2D eigenvalue weighted by Crippen LogP contribution is -2.06. The molecule has 306 valence electrons. The summed E-state index contributed by atoms with van der Waals surface area (Å²) in [7, 11) is 1.37. The van der Waals surface area contributed by atoms with E-state index in [4.69, 9.17) is 27.9 Å². The number of halogens is 2. The minimum absolute atomic E-state index is 0.124. The third-order valence-corrected chi connectivity index (χ3v) is 10.9. The molecule has 0 aliphatic rings. The SMILES string of the molecule is CC(=O)Cc1ccccc1-n1ccc2cc(Cc3ccc(Cl)cc3C(=O)O)ccc21.COC(=O)c1cc(Cl)ccc1Cc1ccc2c(ccn2-c2ccccc2CC(C)=O)c1. The van der Waals surface area contributed by atoms with E-state index in [9.17, 15) is 24.3 Å². The Balaban J connectivity index is 0.000000184. The van der Waals surface area contributed by atoms with Crippen molar-refractivity contribution in [3.63, 3.8) is 0 Å². The molecule has 1 N–H and O–H groups in total. The summed E-state index contributed by atoms with van der Waals surface area (Å²) in [5, 5.41) is 12.5. The highest BCUT2D eigenvalue weighted by molar-refractivity contribution is 6.31. The zero-order valence-electron chi connectivity index (χ0n) is 33.8. The fourth-order valence-corrected chi connectivity index (χ4v) is 8.04. The second kappa shape index (κ2) is 18.7. The highest BCUT2D eigenvalue weighted by Crippen LogP contribution is 2.29. The number of methoxy groups -OCH3 is 1. The van der Waals surface area contributed by atoms with Crippen molar-refractivity contribution < 1.29 is 29.0 Å². The number of rotatable bonds is 12. The first-order chi connectivity index (χ1) is 29.4. The van der Waals surface area contributed by atoms with Gasteiger partial charge in [-0.15, -0.1) is 0 Å². The normalized spacial score (nSPS) is 11.0. The number of para-hydroxylation sites is 2. The van der Waals surface area contributed by atoms with E-state index in [2.05, 4.69) is 39.5 Å². The molecule has 0 saturated carbocycles. The first-order valence-corrected chi connectivity index (χ1v) is 20.4. The zero-order chi connectivity index (χ0) is 43.2. The van der Waals surface area contributed by atoms with Crippen molar-refractivity contribution in [2.45, 2.75) is 39.5 Å². The smallest absolute Gasteiger partial charge is 0.338 e. The van der Waals surface area contributed by atoms with Gasteiger partial charge in [0.1, 0.15) is 11.6 Å². The number of carbonyl (C=O) groups excluding carboxylic acids is 3. The van der Waals surface area contributed by atoms with Gasteiger partial charge in [0.05, 0.1) is 29.3 Å². The predicted molar refractivity (Wildman–Crippen MR) is 242 cm³/mol. The minimum Gasteiger partial charge on any atom is -0.478 e. The van der Waals surface area contributed by atoms with E-state index in [1.165, 1.54) is 13.2 Å². The van der Waals surface area contributed by atoms with Gasteiger partial charge in [0, 0.05) is 57.4 Å². The molecule has 0 atom stereocenters. The van der Waals surface area contributed by atoms with Crippen LogP contribution >= 0.6 is 23.2 Å². The monoisotopic (exact) mass is 848 g/mol. The molecule has 0 bridgehead atoms. The molecule has 0 aliphatic heterocycles. The third kappa shape index (κ3) is 9.84. The van der Waals surface area contributed by atoms with Gasteiger partial charge in [0.25, 0.3) is 0 Å². The molecule has 0 fully saturated rings. The largest absolute Gasteiger partial charge is 0.478 e. The summed E-state index contributed by atoms with van der Waals surface area (Å²) in [6.07, 6.45) is 5.90. The van der Waals surface area contributed by atoms with E-state index < -0.39 is 11.9 Å². The van der Waals surface area contributed by atoms with E-state index in [0.29, 0.717) is 41.3 Å². The lowest BCUT2D eigenvalue weighted by atomic mass is 9.99. The topological polar surface area (TPSA) is 108 Å². The number of fused-ring (bicyclic) bond motifs is 2.